The molecule has 116 valence electrons. The molecule has 1 aliphatic heterocycles. The minimum Gasteiger partial charge on any atom is -0.367 e. The maximum atomic E-state index is 11.3. The molecule has 0 aromatic carbocycles. The van der Waals surface area contributed by atoms with E-state index in [0.29, 0.717) is 17.8 Å². The Kier molecular flexibility index (Phi) is 5.56. The standard InChI is InChI=1S/C16H26N4O/c1-3-8-18-12(2)15-6-4-5-10-20(15)13-7-9-19-14(11-13)16(17)21/h7,9,11-12,15,18H,3-6,8,10H2,1-2H3,(H2,17,21). The smallest absolute Gasteiger partial charge is 0.267 e. The van der Waals surface area contributed by atoms with Crippen LogP contribution in [-0.2, 0) is 0 Å². The summed E-state index contributed by atoms with van der Waals surface area (Å²) >= 11 is 0. The molecule has 21 heavy (non-hydrogen) atoms. The van der Waals surface area contributed by atoms with E-state index >= 15 is 0 Å². The molecule has 1 aromatic rings. The Morgan fingerprint density at radius 2 is 2.38 bits per heavy atom. The van der Waals surface area contributed by atoms with Crippen LogP contribution in [0.25, 0.3) is 0 Å². The van der Waals surface area contributed by atoms with E-state index in [1.807, 2.05) is 12.1 Å². The molecule has 1 amide bonds. The second kappa shape index (κ2) is 7.41. The number of aromatic nitrogens is 1. The fraction of sp³-hybridized carbons (Fsp3) is 0.625. The highest BCUT2D eigenvalue weighted by Crippen LogP contribution is 2.26. The van der Waals surface area contributed by atoms with Gasteiger partial charge in [-0.3, -0.25) is 9.78 Å². The molecule has 3 N–H and O–H groups in total. The number of primary amides is 1. The van der Waals surface area contributed by atoms with E-state index < -0.39 is 5.91 Å². The molecule has 2 atom stereocenters. The minimum atomic E-state index is -0.470. The number of nitrogens with two attached hydrogens (primary N) is 1. The van der Waals surface area contributed by atoms with Crippen LogP contribution in [0.3, 0.4) is 0 Å². The number of pyridine rings is 1. The van der Waals surface area contributed by atoms with Crippen molar-refractivity contribution in [1.82, 2.24) is 10.3 Å². The van der Waals surface area contributed by atoms with Crippen LogP contribution in [-0.4, -0.2) is 36.1 Å². The summed E-state index contributed by atoms with van der Waals surface area (Å²) in [5.41, 5.74) is 6.73. The molecule has 0 aliphatic carbocycles. The summed E-state index contributed by atoms with van der Waals surface area (Å²) in [6.07, 6.45) is 6.42. The van der Waals surface area contributed by atoms with Crippen LogP contribution in [0.15, 0.2) is 18.3 Å². The van der Waals surface area contributed by atoms with E-state index in [-0.39, 0.29) is 0 Å². The fourth-order valence-electron chi connectivity index (χ4n) is 3.04. The SMILES string of the molecule is CCCNC(C)C1CCCCN1c1ccnc(C(N)=O)c1. The van der Waals surface area contributed by atoms with Gasteiger partial charge in [0.2, 0.25) is 0 Å². The second-order valence-corrected chi connectivity index (χ2v) is 5.76. The Bertz CT molecular complexity index is 477. The van der Waals surface area contributed by atoms with Crippen molar-refractivity contribution in [2.45, 2.75) is 51.6 Å². The van der Waals surface area contributed by atoms with Gasteiger partial charge in [-0.15, -0.1) is 0 Å². The maximum absolute atomic E-state index is 11.3. The number of hydrogen-bond donors (Lipinski definition) is 2. The molecule has 1 aromatic heterocycles. The molecule has 0 saturated carbocycles. The second-order valence-electron chi connectivity index (χ2n) is 5.76. The maximum Gasteiger partial charge on any atom is 0.267 e. The molecular formula is C16H26N4O. The van der Waals surface area contributed by atoms with Gasteiger partial charge in [-0.1, -0.05) is 6.92 Å². The molecule has 5 nitrogen and oxygen atoms in total. The molecule has 5 heteroatoms. The van der Waals surface area contributed by atoms with Crippen LogP contribution in [0.4, 0.5) is 5.69 Å². The van der Waals surface area contributed by atoms with Gasteiger partial charge >= 0.3 is 0 Å². The molecule has 1 fully saturated rings. The van der Waals surface area contributed by atoms with Crippen LogP contribution < -0.4 is 16.0 Å². The number of nitrogens with zero attached hydrogens (tertiary/aromatic N) is 2. The quantitative estimate of drug-likeness (QED) is 0.840. The van der Waals surface area contributed by atoms with Crippen molar-refractivity contribution in [3.05, 3.63) is 24.0 Å². The van der Waals surface area contributed by atoms with Gasteiger partial charge in [0.15, 0.2) is 0 Å². The van der Waals surface area contributed by atoms with Gasteiger partial charge in [0.05, 0.1) is 0 Å². The van der Waals surface area contributed by atoms with E-state index in [1.165, 1.54) is 19.3 Å². The van der Waals surface area contributed by atoms with Crippen molar-refractivity contribution < 1.29 is 4.79 Å². The monoisotopic (exact) mass is 290 g/mol. The highest BCUT2D eigenvalue weighted by atomic mass is 16.1. The summed E-state index contributed by atoms with van der Waals surface area (Å²) in [4.78, 5) is 17.8. The van der Waals surface area contributed by atoms with E-state index in [4.69, 9.17) is 5.73 Å². The molecule has 0 bridgehead atoms. The number of piperidine rings is 1. The summed E-state index contributed by atoms with van der Waals surface area (Å²) in [7, 11) is 0. The van der Waals surface area contributed by atoms with Gasteiger partial charge < -0.3 is 16.0 Å². The van der Waals surface area contributed by atoms with Crippen LogP contribution in [0.5, 0.6) is 0 Å². The number of carbonyl (C=O) groups is 1. The normalized spacial score (nSPS) is 20.3. The molecule has 1 saturated heterocycles. The molecule has 0 radical (unpaired) electrons. The Morgan fingerprint density at radius 3 is 3.10 bits per heavy atom. The molecule has 2 unspecified atom stereocenters. The highest BCUT2D eigenvalue weighted by Gasteiger charge is 2.27. The van der Waals surface area contributed by atoms with E-state index in [1.54, 1.807) is 6.20 Å². The van der Waals surface area contributed by atoms with Crippen molar-refractivity contribution in [1.29, 1.82) is 0 Å². The van der Waals surface area contributed by atoms with Gasteiger partial charge in [-0.2, -0.15) is 0 Å². The summed E-state index contributed by atoms with van der Waals surface area (Å²) in [6, 6.07) is 4.66. The lowest BCUT2D eigenvalue weighted by Gasteiger charge is -2.41. The first-order chi connectivity index (χ1) is 10.1. The van der Waals surface area contributed by atoms with Crippen LogP contribution in [0.1, 0.15) is 50.0 Å². The number of nitrogens with one attached hydrogen (secondary N) is 1. The lowest BCUT2D eigenvalue weighted by molar-refractivity contribution is 0.0995. The van der Waals surface area contributed by atoms with Crippen molar-refractivity contribution in [2.24, 2.45) is 5.73 Å². The summed E-state index contributed by atoms with van der Waals surface area (Å²) < 4.78 is 0. The highest BCUT2D eigenvalue weighted by molar-refractivity contribution is 5.91. The van der Waals surface area contributed by atoms with Crippen molar-refractivity contribution in [2.75, 3.05) is 18.0 Å². The number of carbonyl (C=O) groups excluding carboxylic acids is 1. The summed E-state index contributed by atoms with van der Waals surface area (Å²) in [5.74, 6) is -0.470. The predicted molar refractivity (Wildman–Crippen MR) is 85.5 cm³/mol. The number of hydrogen-bond acceptors (Lipinski definition) is 4. The van der Waals surface area contributed by atoms with Gasteiger partial charge in [-0.25, -0.2) is 0 Å². The fourth-order valence-corrected chi connectivity index (χ4v) is 3.04. The molecule has 0 spiro atoms. The van der Waals surface area contributed by atoms with Crippen molar-refractivity contribution in [3.63, 3.8) is 0 Å². The average molecular weight is 290 g/mol. The molecular weight excluding hydrogens is 264 g/mol. The average Bonchev–Trinajstić information content (AvgIpc) is 2.52. The van der Waals surface area contributed by atoms with Gasteiger partial charge in [0.25, 0.3) is 5.91 Å². The number of amides is 1. The topological polar surface area (TPSA) is 71.2 Å². The Hall–Kier alpha value is -1.62. The van der Waals surface area contributed by atoms with Crippen molar-refractivity contribution >= 4 is 11.6 Å². The zero-order valence-corrected chi connectivity index (χ0v) is 13.0. The van der Waals surface area contributed by atoms with Crippen LogP contribution >= 0.6 is 0 Å². The zero-order chi connectivity index (χ0) is 15.2. The van der Waals surface area contributed by atoms with Gasteiger partial charge in [0, 0.05) is 30.5 Å². The number of anilines is 1. The van der Waals surface area contributed by atoms with Crippen LogP contribution in [0.2, 0.25) is 0 Å². The Morgan fingerprint density at radius 1 is 1.57 bits per heavy atom. The van der Waals surface area contributed by atoms with Crippen LogP contribution in [0, 0.1) is 0 Å². The molecule has 1 aliphatic rings. The lowest BCUT2D eigenvalue weighted by Crippen LogP contribution is -2.51. The number of rotatable bonds is 6. The van der Waals surface area contributed by atoms with Crippen molar-refractivity contribution in [3.8, 4) is 0 Å². The molecule has 2 rings (SSSR count). The lowest BCUT2D eigenvalue weighted by atomic mass is 9.95. The summed E-state index contributed by atoms with van der Waals surface area (Å²) in [6.45, 7) is 6.48. The third kappa shape index (κ3) is 3.94. The third-order valence-corrected chi connectivity index (χ3v) is 4.17. The third-order valence-electron chi connectivity index (χ3n) is 4.17. The molecule has 2 heterocycles. The summed E-state index contributed by atoms with van der Waals surface area (Å²) in [5, 5.41) is 3.59. The first-order valence-corrected chi connectivity index (χ1v) is 7.89. The first-order valence-electron chi connectivity index (χ1n) is 7.89. The van der Waals surface area contributed by atoms with E-state index in [0.717, 1.165) is 25.2 Å². The van der Waals surface area contributed by atoms with E-state index in [9.17, 15) is 4.79 Å². The van der Waals surface area contributed by atoms with Gasteiger partial charge in [0.1, 0.15) is 5.69 Å². The zero-order valence-electron chi connectivity index (χ0n) is 13.0. The van der Waals surface area contributed by atoms with E-state index in [2.05, 4.69) is 29.0 Å². The predicted octanol–water partition coefficient (Wildman–Crippen LogP) is 1.93. The Balaban J connectivity index is 2.18. The minimum absolute atomic E-state index is 0.339. The Labute approximate surface area is 126 Å². The largest absolute Gasteiger partial charge is 0.367 e. The first kappa shape index (κ1) is 15.8. The van der Waals surface area contributed by atoms with Gasteiger partial charge in [-0.05, 0) is 51.3 Å².